The van der Waals surface area contributed by atoms with Gasteiger partial charge in [-0.3, -0.25) is 0 Å². The van der Waals surface area contributed by atoms with Gasteiger partial charge >= 0.3 is 5.97 Å². The quantitative estimate of drug-likeness (QED) is 0.129. The van der Waals surface area contributed by atoms with E-state index in [1.165, 1.54) is 6.07 Å². The first-order chi connectivity index (χ1) is 18.6. The Morgan fingerprint density at radius 2 is 1.42 bits per heavy atom. The summed E-state index contributed by atoms with van der Waals surface area (Å²) in [5, 5.41) is 10.8. The summed E-state index contributed by atoms with van der Waals surface area (Å²) in [6, 6.07) is 24.4. The van der Waals surface area contributed by atoms with Crippen LogP contribution in [-0.4, -0.2) is 44.0 Å². The first-order valence-electron chi connectivity index (χ1n) is 13.1. The molecule has 1 aromatic heterocycles. The average molecular weight is 513 g/mol. The number of aromatic nitrogens is 3. The highest BCUT2D eigenvalue weighted by molar-refractivity contribution is 5.73. The van der Waals surface area contributed by atoms with Crippen molar-refractivity contribution in [3.8, 4) is 45.7 Å². The second kappa shape index (κ2) is 13.3. The van der Waals surface area contributed by atoms with Crippen molar-refractivity contribution in [3.63, 3.8) is 0 Å². The van der Waals surface area contributed by atoms with Gasteiger partial charge in [0, 0.05) is 17.2 Å². The number of unbranched alkanes of at least 4 members (excludes halogenated alkanes) is 1. The van der Waals surface area contributed by atoms with Crippen LogP contribution in [0.25, 0.3) is 34.2 Å². The summed E-state index contributed by atoms with van der Waals surface area (Å²) >= 11 is 0. The third kappa shape index (κ3) is 6.94. The standard InChI is InChI=1S/C31H33N3O4/c1-3-5-12-22(4-2)31(36)38-20-19-37-25-17-18-26(27(35)21-25)30-33-28(23-13-8-6-9-14-23)32-29(34-30)24-15-10-7-11-16-24/h6-11,13-18,21-22,35H,3-5,12,19-20H2,1-2H3/p+1. The van der Waals surface area contributed by atoms with E-state index in [1.807, 2.05) is 67.6 Å². The molecule has 38 heavy (non-hydrogen) atoms. The highest BCUT2D eigenvalue weighted by Gasteiger charge is 2.25. The van der Waals surface area contributed by atoms with Crippen LogP contribution in [0.3, 0.4) is 0 Å². The lowest BCUT2D eigenvalue weighted by molar-refractivity contribution is 0.180. The Morgan fingerprint density at radius 3 is 1.97 bits per heavy atom. The molecule has 0 amide bonds. The zero-order valence-electron chi connectivity index (χ0n) is 21.9. The number of hydrogen-bond acceptors (Lipinski definition) is 6. The van der Waals surface area contributed by atoms with Crippen molar-refractivity contribution in [1.82, 2.24) is 15.0 Å². The second-order valence-corrected chi connectivity index (χ2v) is 9.00. The molecule has 0 fully saturated rings. The molecule has 0 aliphatic heterocycles. The number of hydrogen-bond donors (Lipinski definition) is 1. The van der Waals surface area contributed by atoms with Crippen molar-refractivity contribution in [1.29, 1.82) is 0 Å². The van der Waals surface area contributed by atoms with Crippen LogP contribution in [0.4, 0.5) is 0 Å². The maximum Gasteiger partial charge on any atom is 0.485 e. The predicted molar refractivity (Wildman–Crippen MR) is 149 cm³/mol. The summed E-state index contributed by atoms with van der Waals surface area (Å²) < 4.78 is 11.3. The van der Waals surface area contributed by atoms with Crippen LogP contribution >= 0.6 is 0 Å². The van der Waals surface area contributed by atoms with E-state index in [0.29, 0.717) is 28.8 Å². The minimum absolute atomic E-state index is 0.00679. The minimum Gasteiger partial charge on any atom is -0.507 e. The Balaban J connectivity index is 1.49. The number of esters is 1. The van der Waals surface area contributed by atoms with Crippen LogP contribution in [0.1, 0.15) is 39.5 Å². The molecule has 4 aromatic rings. The molecule has 7 heteroatoms. The summed E-state index contributed by atoms with van der Waals surface area (Å²) in [7, 11) is 0. The minimum atomic E-state index is -0.00679. The van der Waals surface area contributed by atoms with Crippen molar-refractivity contribution in [3.05, 3.63) is 78.9 Å². The van der Waals surface area contributed by atoms with E-state index >= 15 is 0 Å². The van der Waals surface area contributed by atoms with Gasteiger partial charge in [0.2, 0.25) is 6.61 Å². The van der Waals surface area contributed by atoms with Gasteiger partial charge in [0.05, 0.1) is 5.56 Å². The molecule has 196 valence electrons. The molecule has 0 aliphatic carbocycles. The summed E-state index contributed by atoms with van der Waals surface area (Å²) in [5.41, 5.74) is 2.18. The second-order valence-electron chi connectivity index (χ2n) is 9.00. The molecule has 1 heterocycles. The number of phenolic OH excluding ortho intramolecular Hbond substituents is 1. The van der Waals surface area contributed by atoms with Gasteiger partial charge in [-0.2, -0.15) is 0 Å². The largest absolute Gasteiger partial charge is 0.507 e. The smallest absolute Gasteiger partial charge is 0.485 e. The lowest BCUT2D eigenvalue weighted by Crippen LogP contribution is -2.20. The Hall–Kier alpha value is -4.26. The summed E-state index contributed by atoms with van der Waals surface area (Å²) in [5.74, 6) is 1.99. The first kappa shape index (κ1) is 26.8. The summed E-state index contributed by atoms with van der Waals surface area (Å²) in [6.45, 7) is 4.61. The molecule has 4 rings (SSSR count). The van der Waals surface area contributed by atoms with Gasteiger partial charge in [-0.25, -0.2) is 15.0 Å². The van der Waals surface area contributed by atoms with Crippen LogP contribution in [0.2, 0.25) is 0 Å². The Morgan fingerprint density at radius 1 is 0.816 bits per heavy atom. The highest BCUT2D eigenvalue weighted by atomic mass is 16.6. The maximum atomic E-state index is 10.8. The summed E-state index contributed by atoms with van der Waals surface area (Å²) in [6.07, 6.45) is 3.87. The maximum absolute atomic E-state index is 10.8. The topological polar surface area (TPSA) is 98.8 Å². The number of aromatic hydroxyl groups is 1. The molecule has 0 radical (unpaired) electrons. The molecule has 0 aliphatic rings. The van der Waals surface area contributed by atoms with Gasteiger partial charge in [0.1, 0.15) is 24.0 Å². The van der Waals surface area contributed by atoms with Gasteiger partial charge in [0.15, 0.2) is 17.5 Å². The van der Waals surface area contributed by atoms with E-state index in [4.69, 9.17) is 9.47 Å². The number of ether oxygens (including phenoxy) is 2. The van der Waals surface area contributed by atoms with Gasteiger partial charge in [-0.15, -0.1) is 0 Å². The van der Waals surface area contributed by atoms with Gasteiger partial charge in [0.25, 0.3) is 0 Å². The molecule has 1 unspecified atom stereocenters. The monoisotopic (exact) mass is 512 g/mol. The van der Waals surface area contributed by atoms with Crippen molar-refractivity contribution in [2.75, 3.05) is 13.2 Å². The fourth-order valence-corrected chi connectivity index (χ4v) is 4.10. The van der Waals surface area contributed by atoms with Crippen LogP contribution < -0.4 is 4.74 Å². The molecule has 0 bridgehead atoms. The fraction of sp³-hybridized carbons (Fsp3) is 0.290. The van der Waals surface area contributed by atoms with Crippen LogP contribution in [0.15, 0.2) is 78.9 Å². The van der Waals surface area contributed by atoms with Crippen molar-refractivity contribution in [2.24, 2.45) is 5.92 Å². The Bertz CT molecular complexity index is 1270. The van der Waals surface area contributed by atoms with Crippen LogP contribution in [0.5, 0.6) is 11.5 Å². The zero-order chi connectivity index (χ0) is 26.7. The SMILES string of the molecule is CCCCC(CC)C(=[OH+])OCCOc1ccc(-c2nc(-c3ccccc3)nc(-c3ccccc3)n2)c(O)c1. The number of phenols is 1. The molecule has 3 aromatic carbocycles. The van der Waals surface area contributed by atoms with Crippen LogP contribution in [0, 0.1) is 5.92 Å². The zero-order valence-corrected chi connectivity index (χ0v) is 21.9. The number of benzene rings is 3. The molecule has 7 nitrogen and oxygen atoms in total. The number of carbonyl (C=O) groups excluding carboxylic acids is 1. The number of rotatable bonds is 12. The number of nitrogens with zero attached hydrogens (tertiary/aromatic N) is 3. The van der Waals surface area contributed by atoms with Gasteiger partial charge in [-0.05, 0) is 25.0 Å². The normalized spacial score (nSPS) is 11.6. The van der Waals surface area contributed by atoms with Crippen molar-refractivity contribution in [2.45, 2.75) is 39.5 Å². The van der Waals surface area contributed by atoms with E-state index in [0.717, 1.165) is 36.8 Å². The van der Waals surface area contributed by atoms with Crippen molar-refractivity contribution >= 4 is 5.97 Å². The van der Waals surface area contributed by atoms with E-state index in [-0.39, 0.29) is 30.9 Å². The molecular formula is C31H34N3O4+. The van der Waals surface area contributed by atoms with E-state index < -0.39 is 0 Å². The Kier molecular flexibility index (Phi) is 9.40. The van der Waals surface area contributed by atoms with E-state index in [9.17, 15) is 9.90 Å². The Labute approximate surface area is 223 Å². The third-order valence-corrected chi connectivity index (χ3v) is 6.26. The molecule has 0 saturated carbocycles. The average Bonchev–Trinajstić information content (AvgIpc) is 2.96. The highest BCUT2D eigenvalue weighted by Crippen LogP contribution is 2.32. The lowest BCUT2D eigenvalue weighted by Gasteiger charge is -2.11. The molecule has 2 N–H and O–H groups in total. The first-order valence-corrected chi connectivity index (χ1v) is 13.1. The van der Waals surface area contributed by atoms with Crippen LogP contribution in [-0.2, 0) is 4.74 Å². The molecule has 1 atom stereocenters. The molecular weight excluding hydrogens is 478 g/mol. The predicted octanol–water partition coefficient (Wildman–Crippen LogP) is 6.69. The third-order valence-electron chi connectivity index (χ3n) is 6.26. The lowest BCUT2D eigenvalue weighted by atomic mass is 10.00. The van der Waals surface area contributed by atoms with E-state index in [2.05, 4.69) is 21.9 Å². The van der Waals surface area contributed by atoms with Gasteiger partial charge < -0.3 is 19.4 Å². The fourth-order valence-electron chi connectivity index (χ4n) is 4.10. The van der Waals surface area contributed by atoms with E-state index in [1.54, 1.807) is 12.1 Å². The van der Waals surface area contributed by atoms with Crippen molar-refractivity contribution < 1.29 is 19.4 Å². The summed E-state index contributed by atoms with van der Waals surface area (Å²) in [4.78, 5) is 24.2. The van der Waals surface area contributed by atoms with Gasteiger partial charge in [-0.1, -0.05) is 87.4 Å². The molecule has 0 spiro atoms. The molecule has 0 saturated heterocycles.